The van der Waals surface area contributed by atoms with Crippen molar-refractivity contribution in [3.8, 4) is 10.6 Å². The average Bonchev–Trinajstić information content (AvgIpc) is 2.90. The fourth-order valence-corrected chi connectivity index (χ4v) is 2.48. The highest BCUT2D eigenvalue weighted by Gasteiger charge is 2.11. The van der Waals surface area contributed by atoms with Gasteiger partial charge >= 0.3 is 0 Å². The van der Waals surface area contributed by atoms with Crippen LogP contribution in [-0.2, 0) is 0 Å². The summed E-state index contributed by atoms with van der Waals surface area (Å²) in [6, 6.07) is 7.84. The van der Waals surface area contributed by atoms with Crippen LogP contribution in [0.5, 0.6) is 0 Å². The van der Waals surface area contributed by atoms with E-state index >= 15 is 0 Å². The van der Waals surface area contributed by atoms with Crippen LogP contribution >= 0.6 is 11.3 Å². The van der Waals surface area contributed by atoms with Crippen LogP contribution in [0.2, 0.25) is 0 Å². The molecule has 0 aliphatic carbocycles. The molecule has 0 unspecified atom stereocenters. The number of nitro groups is 1. The molecule has 0 bridgehead atoms. The Bertz CT molecular complexity index is 824. The number of nitro benzene ring substituents is 1. The molecule has 2 aromatic heterocycles. The summed E-state index contributed by atoms with van der Waals surface area (Å²) in [6.07, 6.45) is 0. The Labute approximate surface area is 110 Å². The first-order valence-electron chi connectivity index (χ1n) is 5.37. The standard InChI is InChI=1S/C12H7N3O3S/c16-12-11(10-2-1-5-19-10)13-8-4-3-7(15(17)18)6-9(8)14-12/h1-6H,(H,14,16). The molecule has 3 rings (SSSR count). The molecule has 0 saturated carbocycles. The van der Waals surface area contributed by atoms with E-state index in [1.54, 1.807) is 6.07 Å². The summed E-state index contributed by atoms with van der Waals surface area (Å²) in [5.74, 6) is 0. The number of benzene rings is 1. The van der Waals surface area contributed by atoms with Crippen molar-refractivity contribution in [2.75, 3.05) is 0 Å². The van der Waals surface area contributed by atoms with Crippen LogP contribution < -0.4 is 5.56 Å². The van der Waals surface area contributed by atoms with Gasteiger partial charge in [0, 0.05) is 12.1 Å². The van der Waals surface area contributed by atoms with E-state index in [2.05, 4.69) is 9.97 Å². The van der Waals surface area contributed by atoms with Gasteiger partial charge in [-0.2, -0.15) is 0 Å². The van der Waals surface area contributed by atoms with Gasteiger partial charge in [-0.05, 0) is 17.5 Å². The second-order valence-corrected chi connectivity index (χ2v) is 4.80. The number of fused-ring (bicyclic) bond motifs is 1. The zero-order valence-electron chi connectivity index (χ0n) is 9.49. The summed E-state index contributed by atoms with van der Waals surface area (Å²) in [4.78, 5) is 29.8. The lowest BCUT2D eigenvalue weighted by Crippen LogP contribution is -2.10. The van der Waals surface area contributed by atoms with Crippen LogP contribution in [0.15, 0.2) is 40.5 Å². The van der Waals surface area contributed by atoms with Gasteiger partial charge in [-0.15, -0.1) is 11.3 Å². The van der Waals surface area contributed by atoms with Crippen molar-refractivity contribution in [3.05, 3.63) is 56.2 Å². The van der Waals surface area contributed by atoms with Crippen molar-refractivity contribution in [2.45, 2.75) is 0 Å². The number of aromatic amines is 1. The molecule has 0 saturated heterocycles. The second-order valence-electron chi connectivity index (χ2n) is 3.85. The number of rotatable bonds is 2. The highest BCUT2D eigenvalue weighted by Crippen LogP contribution is 2.22. The van der Waals surface area contributed by atoms with Crippen LogP contribution in [0.4, 0.5) is 5.69 Å². The molecule has 0 aliphatic heterocycles. The van der Waals surface area contributed by atoms with Gasteiger partial charge in [-0.25, -0.2) is 4.98 Å². The average molecular weight is 273 g/mol. The van der Waals surface area contributed by atoms with Gasteiger partial charge in [-0.1, -0.05) is 6.07 Å². The molecular weight excluding hydrogens is 266 g/mol. The van der Waals surface area contributed by atoms with Crippen molar-refractivity contribution >= 4 is 28.1 Å². The zero-order valence-corrected chi connectivity index (χ0v) is 10.3. The Morgan fingerprint density at radius 2 is 2.16 bits per heavy atom. The molecule has 7 heteroatoms. The number of non-ortho nitro benzene ring substituents is 1. The lowest BCUT2D eigenvalue weighted by atomic mass is 10.2. The summed E-state index contributed by atoms with van der Waals surface area (Å²) in [6.45, 7) is 0. The molecule has 2 heterocycles. The highest BCUT2D eigenvalue weighted by molar-refractivity contribution is 7.13. The summed E-state index contributed by atoms with van der Waals surface area (Å²) in [5, 5.41) is 12.5. The van der Waals surface area contributed by atoms with Gasteiger partial charge in [0.25, 0.3) is 11.2 Å². The Balaban J connectivity index is 2.25. The monoisotopic (exact) mass is 273 g/mol. The van der Waals surface area contributed by atoms with Gasteiger partial charge in [-0.3, -0.25) is 14.9 Å². The first-order valence-corrected chi connectivity index (χ1v) is 6.25. The Hall–Kier alpha value is -2.54. The van der Waals surface area contributed by atoms with Crippen LogP contribution in [0.3, 0.4) is 0 Å². The third kappa shape index (κ3) is 2.00. The van der Waals surface area contributed by atoms with Gasteiger partial charge in [0.15, 0.2) is 0 Å². The predicted molar refractivity (Wildman–Crippen MR) is 72.3 cm³/mol. The van der Waals surface area contributed by atoms with Crippen molar-refractivity contribution in [1.82, 2.24) is 9.97 Å². The van der Waals surface area contributed by atoms with Crippen molar-refractivity contribution in [1.29, 1.82) is 0 Å². The molecular formula is C12H7N3O3S. The number of aromatic nitrogens is 2. The molecule has 3 aromatic rings. The molecule has 0 aliphatic rings. The highest BCUT2D eigenvalue weighted by atomic mass is 32.1. The fourth-order valence-electron chi connectivity index (χ4n) is 1.77. The Morgan fingerprint density at radius 1 is 1.32 bits per heavy atom. The molecule has 0 amide bonds. The molecule has 0 fully saturated rings. The molecule has 0 spiro atoms. The number of hydrogen-bond acceptors (Lipinski definition) is 5. The zero-order chi connectivity index (χ0) is 13.4. The van der Waals surface area contributed by atoms with Crippen molar-refractivity contribution in [3.63, 3.8) is 0 Å². The van der Waals surface area contributed by atoms with Crippen molar-refractivity contribution in [2.24, 2.45) is 0 Å². The van der Waals surface area contributed by atoms with Crippen LogP contribution in [0.1, 0.15) is 0 Å². The fraction of sp³-hybridized carbons (Fsp3) is 0. The number of H-pyrrole nitrogens is 1. The summed E-state index contributed by atoms with van der Waals surface area (Å²) in [5.41, 5.74) is 0.786. The van der Waals surface area contributed by atoms with Crippen LogP contribution in [0.25, 0.3) is 21.6 Å². The third-order valence-electron chi connectivity index (χ3n) is 2.64. The lowest BCUT2D eigenvalue weighted by Gasteiger charge is -2.00. The predicted octanol–water partition coefficient (Wildman–Crippen LogP) is 2.56. The van der Waals surface area contributed by atoms with E-state index in [-0.39, 0.29) is 11.2 Å². The Morgan fingerprint density at radius 3 is 2.84 bits per heavy atom. The number of hydrogen-bond donors (Lipinski definition) is 1. The van der Waals surface area contributed by atoms with Gasteiger partial charge < -0.3 is 4.98 Å². The molecule has 0 radical (unpaired) electrons. The molecule has 1 N–H and O–H groups in total. The SMILES string of the molecule is O=c1[nH]c2cc([N+](=O)[O-])ccc2nc1-c1cccs1. The Kier molecular flexibility index (Phi) is 2.60. The lowest BCUT2D eigenvalue weighted by molar-refractivity contribution is -0.384. The number of nitrogens with zero attached hydrogens (tertiary/aromatic N) is 2. The summed E-state index contributed by atoms with van der Waals surface area (Å²) >= 11 is 1.42. The van der Waals surface area contributed by atoms with E-state index in [1.807, 2.05) is 11.4 Å². The quantitative estimate of drug-likeness (QED) is 0.574. The van der Waals surface area contributed by atoms with E-state index in [4.69, 9.17) is 0 Å². The molecule has 19 heavy (non-hydrogen) atoms. The summed E-state index contributed by atoms with van der Waals surface area (Å²) in [7, 11) is 0. The molecule has 0 atom stereocenters. The van der Waals surface area contributed by atoms with Gasteiger partial charge in [0.2, 0.25) is 0 Å². The minimum absolute atomic E-state index is 0.0752. The number of nitrogens with one attached hydrogen (secondary N) is 1. The van der Waals surface area contributed by atoms with Gasteiger partial charge in [0.1, 0.15) is 5.69 Å². The van der Waals surface area contributed by atoms with E-state index in [9.17, 15) is 14.9 Å². The number of thiophene rings is 1. The molecule has 94 valence electrons. The first-order chi connectivity index (χ1) is 9.15. The molecule has 1 aromatic carbocycles. The van der Waals surface area contributed by atoms with E-state index in [1.165, 1.54) is 29.5 Å². The van der Waals surface area contributed by atoms with Crippen LogP contribution in [0, 0.1) is 10.1 Å². The molecule has 6 nitrogen and oxygen atoms in total. The van der Waals surface area contributed by atoms with E-state index in [0.717, 1.165) is 4.88 Å². The topological polar surface area (TPSA) is 88.9 Å². The third-order valence-corrected chi connectivity index (χ3v) is 3.52. The largest absolute Gasteiger partial charge is 0.318 e. The van der Waals surface area contributed by atoms with Gasteiger partial charge in [0.05, 0.1) is 20.8 Å². The summed E-state index contributed by atoms with van der Waals surface area (Å²) < 4.78 is 0. The maximum absolute atomic E-state index is 11.9. The maximum Gasteiger partial charge on any atom is 0.275 e. The van der Waals surface area contributed by atoms with Crippen LogP contribution in [-0.4, -0.2) is 14.9 Å². The maximum atomic E-state index is 11.9. The minimum Gasteiger partial charge on any atom is -0.318 e. The minimum atomic E-state index is -0.509. The second kappa shape index (κ2) is 4.29. The van der Waals surface area contributed by atoms with E-state index < -0.39 is 4.92 Å². The van der Waals surface area contributed by atoms with E-state index in [0.29, 0.717) is 16.7 Å². The smallest absolute Gasteiger partial charge is 0.275 e. The normalized spacial score (nSPS) is 10.7. The van der Waals surface area contributed by atoms with Crippen molar-refractivity contribution < 1.29 is 4.92 Å². The first kappa shape index (κ1) is 11.5.